The highest BCUT2D eigenvalue weighted by Gasteiger charge is 2.46. The first-order chi connectivity index (χ1) is 19.6. The third kappa shape index (κ3) is 8.40. The molecule has 0 fully saturated rings. The molecule has 234 valence electrons. The molecule has 2 aromatic carbocycles. The van der Waals surface area contributed by atoms with Crippen molar-refractivity contribution in [3.63, 3.8) is 0 Å². The summed E-state index contributed by atoms with van der Waals surface area (Å²) in [7, 11) is -3.95. The van der Waals surface area contributed by atoms with Gasteiger partial charge in [0.25, 0.3) is 0 Å². The van der Waals surface area contributed by atoms with Gasteiger partial charge < -0.3 is 8.85 Å². The molecule has 0 aliphatic rings. The molecule has 0 radical (unpaired) electrons. The third-order valence-electron chi connectivity index (χ3n) is 9.33. The van der Waals surface area contributed by atoms with Gasteiger partial charge >= 0.3 is 0 Å². The first-order valence-corrected chi connectivity index (χ1v) is 20.4. The number of hydrogen-bond donors (Lipinski definition) is 0. The quantitative estimate of drug-likeness (QED) is 0.149. The summed E-state index contributed by atoms with van der Waals surface area (Å²) < 4.78 is 13.8. The summed E-state index contributed by atoms with van der Waals surface area (Å²) in [5, 5.41) is 0. The fourth-order valence-corrected chi connectivity index (χ4v) is 18.4. The van der Waals surface area contributed by atoms with E-state index in [-0.39, 0.29) is 0 Å². The van der Waals surface area contributed by atoms with E-state index in [4.69, 9.17) is 18.8 Å². The standard InChI is InChI=1S/C36H60N2O2Si2/c1-25(2)41(26(3)4,27(5)6)39-23-33-21-31(13)15-17-35(33)37-19-20-38-36-18-16-32(14)22-34(36)24-40-42(28(7)8,29(9)10)30(11)12/h15-22,25-30H,23-24H2,1-14H3. The minimum absolute atomic E-state index is 0.545. The Hall–Kier alpha value is -1.87. The predicted octanol–water partition coefficient (Wildman–Crippen LogP) is 11.8. The van der Waals surface area contributed by atoms with Gasteiger partial charge in [-0.3, -0.25) is 9.98 Å². The Morgan fingerprint density at radius 3 is 1.07 bits per heavy atom. The van der Waals surface area contributed by atoms with E-state index in [0.29, 0.717) is 46.5 Å². The Bertz CT molecular complexity index is 1060. The molecule has 0 aliphatic carbocycles. The number of aliphatic imine (C=N–C) groups is 2. The van der Waals surface area contributed by atoms with Crippen LogP contribution in [0.3, 0.4) is 0 Å². The maximum absolute atomic E-state index is 6.92. The van der Waals surface area contributed by atoms with Crippen molar-refractivity contribution in [3.05, 3.63) is 58.7 Å². The molecule has 2 rings (SSSR count). The minimum atomic E-state index is -1.97. The lowest BCUT2D eigenvalue weighted by Gasteiger charge is -2.42. The zero-order chi connectivity index (χ0) is 31.8. The molecule has 0 atom stereocenters. The van der Waals surface area contributed by atoms with Crippen LogP contribution in [0.15, 0.2) is 46.4 Å². The number of aryl methyl sites for hydroxylation is 2. The van der Waals surface area contributed by atoms with Crippen LogP contribution in [0.5, 0.6) is 0 Å². The smallest absolute Gasteiger partial charge is 0.200 e. The fourth-order valence-electron chi connectivity index (χ4n) is 7.54. The van der Waals surface area contributed by atoms with Gasteiger partial charge in [-0.1, -0.05) is 118 Å². The van der Waals surface area contributed by atoms with Gasteiger partial charge in [-0.25, -0.2) is 0 Å². The van der Waals surface area contributed by atoms with Crippen molar-refractivity contribution in [1.82, 2.24) is 0 Å². The zero-order valence-electron chi connectivity index (χ0n) is 29.2. The lowest BCUT2D eigenvalue weighted by Crippen LogP contribution is -2.47. The molecule has 0 spiro atoms. The number of nitrogens with zero attached hydrogens (tertiary/aromatic N) is 2. The average Bonchev–Trinajstić information content (AvgIpc) is 2.88. The molecule has 0 saturated carbocycles. The molecule has 0 bridgehead atoms. The van der Waals surface area contributed by atoms with Crippen molar-refractivity contribution < 1.29 is 8.85 Å². The second kappa shape index (κ2) is 15.7. The summed E-state index contributed by atoms with van der Waals surface area (Å²) in [5.41, 5.74) is 9.88. The maximum Gasteiger partial charge on any atom is 0.200 e. The predicted molar refractivity (Wildman–Crippen MR) is 190 cm³/mol. The highest BCUT2D eigenvalue weighted by atomic mass is 28.4. The summed E-state index contributed by atoms with van der Waals surface area (Å²) in [4.78, 5) is 9.67. The summed E-state index contributed by atoms with van der Waals surface area (Å²) in [6.45, 7) is 33.4. The van der Waals surface area contributed by atoms with E-state index in [1.54, 1.807) is 0 Å². The lowest BCUT2D eigenvalue weighted by atomic mass is 10.1. The molecule has 4 nitrogen and oxygen atoms in total. The van der Waals surface area contributed by atoms with Crippen molar-refractivity contribution in [2.24, 2.45) is 9.98 Å². The van der Waals surface area contributed by atoms with E-state index >= 15 is 0 Å². The largest absolute Gasteiger partial charge is 0.412 e. The Morgan fingerprint density at radius 1 is 0.524 bits per heavy atom. The van der Waals surface area contributed by atoms with Crippen LogP contribution in [-0.2, 0) is 22.1 Å². The summed E-state index contributed by atoms with van der Waals surface area (Å²) in [5.74, 6) is 0. The normalized spacial score (nSPS) is 13.5. The van der Waals surface area contributed by atoms with Gasteiger partial charge in [-0.05, 0) is 59.2 Å². The van der Waals surface area contributed by atoms with Crippen LogP contribution in [0.4, 0.5) is 11.4 Å². The van der Waals surface area contributed by atoms with E-state index in [2.05, 4.69) is 133 Å². The van der Waals surface area contributed by atoms with Gasteiger partial charge in [-0.15, -0.1) is 0 Å². The van der Waals surface area contributed by atoms with E-state index in [0.717, 1.165) is 22.5 Å². The molecule has 0 aliphatic heterocycles. The van der Waals surface area contributed by atoms with Gasteiger partial charge in [0.15, 0.2) is 0 Å². The van der Waals surface area contributed by atoms with Crippen LogP contribution in [0.25, 0.3) is 0 Å². The second-order valence-electron chi connectivity index (χ2n) is 14.0. The molecule has 0 aromatic heterocycles. The van der Waals surface area contributed by atoms with E-state index < -0.39 is 16.6 Å². The monoisotopic (exact) mass is 608 g/mol. The molecule has 2 aromatic rings. The fraction of sp³-hybridized carbons (Fsp3) is 0.611. The number of hydrogen-bond acceptors (Lipinski definition) is 4. The Kier molecular flexibility index (Phi) is 13.6. The van der Waals surface area contributed by atoms with Crippen molar-refractivity contribution in [2.45, 2.75) is 143 Å². The SMILES string of the molecule is Cc1ccc(N=CC=Nc2ccc(C)cc2CO[Si](C(C)C)(C(C)C)C(C)C)c(CO[Si](C(C)C)(C(C)C)C(C)C)c1. The van der Waals surface area contributed by atoms with Gasteiger partial charge in [0.05, 0.1) is 24.6 Å². The second-order valence-corrected chi connectivity index (χ2v) is 25.0. The zero-order valence-corrected chi connectivity index (χ0v) is 31.2. The topological polar surface area (TPSA) is 43.2 Å². The van der Waals surface area contributed by atoms with Crippen molar-refractivity contribution in [1.29, 1.82) is 0 Å². The van der Waals surface area contributed by atoms with E-state index in [1.165, 1.54) is 11.1 Å². The van der Waals surface area contributed by atoms with Gasteiger partial charge in [0.1, 0.15) is 0 Å². The van der Waals surface area contributed by atoms with Crippen LogP contribution in [-0.4, -0.2) is 29.1 Å². The first kappa shape index (κ1) is 36.3. The van der Waals surface area contributed by atoms with Crippen molar-refractivity contribution in [3.8, 4) is 0 Å². The number of benzene rings is 2. The van der Waals surface area contributed by atoms with E-state index in [1.807, 2.05) is 12.4 Å². The summed E-state index contributed by atoms with van der Waals surface area (Å²) in [6.07, 6.45) is 3.62. The van der Waals surface area contributed by atoms with Gasteiger partial charge in [0.2, 0.25) is 16.6 Å². The molecular weight excluding hydrogens is 549 g/mol. The molecule has 0 N–H and O–H groups in total. The van der Waals surface area contributed by atoms with Crippen LogP contribution in [0.2, 0.25) is 33.2 Å². The highest BCUT2D eigenvalue weighted by Crippen LogP contribution is 2.44. The Labute approximate surface area is 260 Å². The molecule has 0 amide bonds. The lowest BCUT2D eigenvalue weighted by molar-refractivity contribution is 0.266. The molecule has 0 heterocycles. The minimum Gasteiger partial charge on any atom is -0.412 e. The van der Waals surface area contributed by atoms with Crippen molar-refractivity contribution in [2.75, 3.05) is 0 Å². The highest BCUT2D eigenvalue weighted by molar-refractivity contribution is 6.78. The molecular formula is C36H60N2O2Si2. The van der Waals surface area contributed by atoms with Crippen LogP contribution in [0.1, 0.15) is 105 Å². The van der Waals surface area contributed by atoms with Crippen LogP contribution < -0.4 is 0 Å². The summed E-state index contributed by atoms with van der Waals surface area (Å²) in [6, 6.07) is 12.9. The van der Waals surface area contributed by atoms with Crippen LogP contribution >= 0.6 is 0 Å². The Balaban J connectivity index is 2.31. The van der Waals surface area contributed by atoms with E-state index in [9.17, 15) is 0 Å². The Morgan fingerprint density at radius 2 is 0.810 bits per heavy atom. The number of rotatable bonds is 15. The van der Waals surface area contributed by atoms with Gasteiger partial charge in [0, 0.05) is 23.6 Å². The first-order valence-electron chi connectivity index (χ1n) is 16.1. The van der Waals surface area contributed by atoms with Gasteiger partial charge in [-0.2, -0.15) is 0 Å². The molecule has 42 heavy (non-hydrogen) atoms. The average molecular weight is 609 g/mol. The molecule has 0 saturated heterocycles. The third-order valence-corrected chi connectivity index (χ3v) is 21.5. The molecule has 0 unspecified atom stereocenters. The van der Waals surface area contributed by atoms with Crippen LogP contribution in [0, 0.1) is 13.8 Å². The van der Waals surface area contributed by atoms with Crippen molar-refractivity contribution >= 4 is 40.4 Å². The maximum atomic E-state index is 6.92. The summed E-state index contributed by atoms with van der Waals surface area (Å²) >= 11 is 0. The molecule has 6 heteroatoms.